The average Bonchev–Trinajstić information content (AvgIpc) is 2.92. The van der Waals surface area contributed by atoms with Gasteiger partial charge in [0, 0.05) is 18.0 Å². The van der Waals surface area contributed by atoms with Crippen molar-refractivity contribution >= 4 is 33.0 Å². The molecule has 0 aliphatic heterocycles. The highest BCUT2D eigenvalue weighted by molar-refractivity contribution is 7.89. The summed E-state index contributed by atoms with van der Waals surface area (Å²) in [5, 5.41) is 8.92. The Bertz CT molecular complexity index is 822. The minimum atomic E-state index is -3.71. The van der Waals surface area contributed by atoms with Crippen molar-refractivity contribution in [2.24, 2.45) is 0 Å². The fourth-order valence-corrected chi connectivity index (χ4v) is 4.50. The van der Waals surface area contributed by atoms with E-state index in [0.29, 0.717) is 9.90 Å². The highest BCUT2D eigenvalue weighted by atomic mass is 35.5. The Hall–Kier alpha value is -1.65. The molecule has 0 amide bonds. The number of rotatable bonds is 6. The summed E-state index contributed by atoms with van der Waals surface area (Å²) in [6.07, 6.45) is 1.53. The Kier molecular flexibility index (Phi) is 5.37. The molecule has 1 heterocycles. The van der Waals surface area contributed by atoms with Crippen LogP contribution in [0.25, 0.3) is 0 Å². The van der Waals surface area contributed by atoms with Crippen LogP contribution in [-0.2, 0) is 16.6 Å². The zero-order valence-electron chi connectivity index (χ0n) is 11.6. The first-order chi connectivity index (χ1) is 10.5. The Morgan fingerprint density at radius 3 is 2.73 bits per heavy atom. The quantitative estimate of drug-likeness (QED) is 0.745. The minimum Gasteiger partial charge on any atom is -0.207 e. The van der Waals surface area contributed by atoms with Crippen LogP contribution in [0.1, 0.15) is 10.4 Å². The average molecular weight is 353 g/mol. The van der Waals surface area contributed by atoms with Crippen molar-refractivity contribution in [2.45, 2.75) is 11.4 Å². The predicted octanol–water partition coefficient (Wildman–Crippen LogP) is 3.65. The second-order valence-corrected chi connectivity index (χ2v) is 8.17. The van der Waals surface area contributed by atoms with Crippen LogP contribution in [0.3, 0.4) is 0 Å². The van der Waals surface area contributed by atoms with Crippen molar-refractivity contribution < 1.29 is 8.42 Å². The Morgan fingerprint density at radius 2 is 2.14 bits per heavy atom. The van der Waals surface area contributed by atoms with Crippen LogP contribution in [-0.4, -0.2) is 19.3 Å². The van der Waals surface area contributed by atoms with E-state index in [1.165, 1.54) is 33.9 Å². The predicted molar refractivity (Wildman–Crippen MR) is 88.3 cm³/mol. The van der Waals surface area contributed by atoms with Crippen LogP contribution in [0.15, 0.2) is 53.9 Å². The van der Waals surface area contributed by atoms with Gasteiger partial charge in [0.05, 0.1) is 20.9 Å². The zero-order valence-corrected chi connectivity index (χ0v) is 14.0. The molecule has 0 saturated carbocycles. The molecule has 0 aliphatic rings. The Labute approximate surface area is 138 Å². The van der Waals surface area contributed by atoms with Crippen molar-refractivity contribution in [1.29, 1.82) is 5.26 Å². The maximum absolute atomic E-state index is 12.7. The van der Waals surface area contributed by atoms with Gasteiger partial charge in [-0.05, 0) is 30.3 Å². The highest BCUT2D eigenvalue weighted by Crippen LogP contribution is 2.25. The van der Waals surface area contributed by atoms with E-state index < -0.39 is 10.0 Å². The van der Waals surface area contributed by atoms with Crippen LogP contribution in [0.5, 0.6) is 0 Å². The van der Waals surface area contributed by atoms with E-state index in [4.69, 9.17) is 16.9 Å². The van der Waals surface area contributed by atoms with E-state index in [0.717, 1.165) is 4.88 Å². The number of halogens is 1. The lowest BCUT2D eigenvalue weighted by atomic mass is 10.2. The van der Waals surface area contributed by atoms with Crippen LogP contribution >= 0.6 is 22.9 Å². The lowest BCUT2D eigenvalue weighted by Crippen LogP contribution is -2.30. The summed E-state index contributed by atoms with van der Waals surface area (Å²) >= 11 is 7.22. The summed E-state index contributed by atoms with van der Waals surface area (Å²) in [6.45, 7) is 3.99. The third kappa shape index (κ3) is 3.76. The van der Waals surface area contributed by atoms with Crippen molar-refractivity contribution in [3.8, 4) is 6.07 Å². The maximum Gasteiger partial charge on any atom is 0.243 e. The second kappa shape index (κ2) is 7.07. The fourth-order valence-electron chi connectivity index (χ4n) is 1.88. The molecule has 0 N–H and O–H groups in total. The number of benzene rings is 1. The Balaban J connectivity index is 2.37. The van der Waals surface area contributed by atoms with Crippen LogP contribution in [0, 0.1) is 11.3 Å². The highest BCUT2D eigenvalue weighted by Gasteiger charge is 2.24. The molecule has 2 rings (SSSR count). The van der Waals surface area contributed by atoms with E-state index in [2.05, 4.69) is 6.58 Å². The molecule has 7 heteroatoms. The number of hydrogen-bond donors (Lipinski definition) is 0. The number of nitrogens with zero attached hydrogens (tertiary/aromatic N) is 2. The molecule has 2 aromatic rings. The molecule has 1 aromatic heterocycles. The second-order valence-electron chi connectivity index (χ2n) is 4.43. The number of hydrogen-bond acceptors (Lipinski definition) is 4. The molecule has 0 saturated heterocycles. The van der Waals surface area contributed by atoms with Gasteiger partial charge in [-0.15, -0.1) is 17.9 Å². The third-order valence-corrected chi connectivity index (χ3v) is 5.92. The van der Waals surface area contributed by atoms with Crippen LogP contribution in [0.4, 0.5) is 0 Å². The van der Waals surface area contributed by atoms with Crippen molar-refractivity contribution in [1.82, 2.24) is 4.31 Å². The summed E-state index contributed by atoms with van der Waals surface area (Å²) in [7, 11) is -3.71. The van der Waals surface area contributed by atoms with Gasteiger partial charge in [0.1, 0.15) is 0 Å². The fraction of sp³-hybridized carbons (Fsp3) is 0.133. The van der Waals surface area contributed by atoms with Gasteiger partial charge >= 0.3 is 0 Å². The first-order valence-corrected chi connectivity index (χ1v) is 8.96. The van der Waals surface area contributed by atoms with Crippen LogP contribution < -0.4 is 0 Å². The van der Waals surface area contributed by atoms with Crippen molar-refractivity contribution in [3.05, 3.63) is 63.8 Å². The van der Waals surface area contributed by atoms with E-state index in [-0.39, 0.29) is 18.0 Å². The van der Waals surface area contributed by atoms with Gasteiger partial charge in [0.2, 0.25) is 10.0 Å². The molecule has 0 aliphatic carbocycles. The van der Waals surface area contributed by atoms with Crippen LogP contribution in [0.2, 0.25) is 4.34 Å². The normalized spacial score (nSPS) is 11.3. The largest absolute Gasteiger partial charge is 0.243 e. The molecule has 0 spiro atoms. The van der Waals surface area contributed by atoms with Gasteiger partial charge in [-0.2, -0.15) is 9.57 Å². The molecule has 0 bridgehead atoms. The summed E-state index contributed by atoms with van der Waals surface area (Å²) < 4.78 is 27.4. The summed E-state index contributed by atoms with van der Waals surface area (Å²) in [6, 6.07) is 11.4. The molecule has 0 atom stereocenters. The molecule has 4 nitrogen and oxygen atoms in total. The lowest BCUT2D eigenvalue weighted by Gasteiger charge is -2.20. The monoisotopic (exact) mass is 352 g/mol. The molecule has 22 heavy (non-hydrogen) atoms. The summed E-state index contributed by atoms with van der Waals surface area (Å²) in [5.41, 5.74) is 0.304. The standard InChI is InChI=1S/C15H13ClN2O2S2/c1-2-8-18(11-13-6-7-15(16)21-13)22(19,20)14-5-3-4-12(9-14)10-17/h2-7,9H,1,8,11H2. The summed E-state index contributed by atoms with van der Waals surface area (Å²) in [5.74, 6) is 0. The molecular formula is C15H13ClN2O2S2. The van der Waals surface area contributed by atoms with E-state index in [1.54, 1.807) is 24.3 Å². The van der Waals surface area contributed by atoms with E-state index in [9.17, 15) is 8.42 Å². The molecular weight excluding hydrogens is 340 g/mol. The SMILES string of the molecule is C=CCN(Cc1ccc(Cl)s1)S(=O)(=O)c1cccc(C#N)c1. The number of nitriles is 1. The maximum atomic E-state index is 12.7. The van der Waals surface area contributed by atoms with Gasteiger partial charge < -0.3 is 0 Å². The molecule has 114 valence electrons. The first kappa shape index (κ1) is 16.7. The van der Waals surface area contributed by atoms with Crippen molar-refractivity contribution in [2.75, 3.05) is 6.54 Å². The van der Waals surface area contributed by atoms with Gasteiger partial charge in [-0.3, -0.25) is 0 Å². The summed E-state index contributed by atoms with van der Waals surface area (Å²) in [4.78, 5) is 0.933. The molecule has 0 radical (unpaired) electrons. The molecule has 0 fully saturated rings. The van der Waals surface area contributed by atoms with Gasteiger partial charge in [0.15, 0.2) is 0 Å². The number of thiophene rings is 1. The topological polar surface area (TPSA) is 61.2 Å². The molecule has 1 aromatic carbocycles. The van der Waals surface area contributed by atoms with E-state index >= 15 is 0 Å². The van der Waals surface area contributed by atoms with Gasteiger partial charge in [-0.1, -0.05) is 23.7 Å². The zero-order chi connectivity index (χ0) is 16.2. The van der Waals surface area contributed by atoms with Gasteiger partial charge in [-0.25, -0.2) is 8.42 Å². The smallest absolute Gasteiger partial charge is 0.207 e. The molecule has 0 unspecified atom stereocenters. The minimum absolute atomic E-state index is 0.0936. The van der Waals surface area contributed by atoms with E-state index in [1.807, 2.05) is 6.07 Å². The van der Waals surface area contributed by atoms with Crippen molar-refractivity contribution in [3.63, 3.8) is 0 Å². The first-order valence-electron chi connectivity index (χ1n) is 6.33. The third-order valence-electron chi connectivity index (χ3n) is 2.89. The lowest BCUT2D eigenvalue weighted by molar-refractivity contribution is 0.441. The number of sulfonamides is 1. The van der Waals surface area contributed by atoms with Gasteiger partial charge in [0.25, 0.3) is 0 Å². The Morgan fingerprint density at radius 1 is 1.36 bits per heavy atom.